The van der Waals surface area contributed by atoms with E-state index >= 15 is 0 Å². The maximum absolute atomic E-state index is 3.28. The van der Waals surface area contributed by atoms with Gasteiger partial charge in [-0.15, -0.1) is 11.3 Å². The molecule has 0 fully saturated rings. The van der Waals surface area contributed by atoms with E-state index in [9.17, 15) is 0 Å². The first-order valence-electron chi connectivity index (χ1n) is 6.33. The Hall–Kier alpha value is -0.860. The van der Waals surface area contributed by atoms with Crippen molar-refractivity contribution < 1.29 is 0 Å². The molecule has 0 saturated heterocycles. The van der Waals surface area contributed by atoms with E-state index in [1.54, 1.807) is 5.56 Å². The number of fused-ring (bicyclic) bond motifs is 1. The van der Waals surface area contributed by atoms with E-state index in [0.29, 0.717) is 0 Å². The minimum atomic E-state index is 0.993. The third-order valence-corrected chi connectivity index (χ3v) is 4.52. The smallest absolute Gasteiger partial charge is 0.0351 e. The van der Waals surface area contributed by atoms with Crippen molar-refractivity contribution in [1.29, 1.82) is 0 Å². The van der Waals surface area contributed by atoms with Crippen molar-refractivity contribution in [2.24, 2.45) is 0 Å². The Morgan fingerprint density at radius 1 is 1.18 bits per heavy atom. The van der Waals surface area contributed by atoms with Crippen LogP contribution in [0.1, 0.15) is 34.9 Å². The summed E-state index contributed by atoms with van der Waals surface area (Å²) >= 11 is 1.95. The molecule has 2 heteroatoms. The topological polar surface area (TPSA) is 12.0 Å². The number of aryl methyl sites for hydroxylation is 3. The van der Waals surface area contributed by atoms with Crippen LogP contribution in [0, 0.1) is 13.8 Å². The molecule has 2 aromatic rings. The third-order valence-electron chi connectivity index (χ3n) is 3.33. The van der Waals surface area contributed by atoms with Crippen LogP contribution in [0.3, 0.4) is 0 Å². The van der Waals surface area contributed by atoms with E-state index in [0.717, 1.165) is 6.54 Å². The Labute approximate surface area is 108 Å². The van der Waals surface area contributed by atoms with Crippen molar-refractivity contribution in [3.63, 3.8) is 0 Å². The van der Waals surface area contributed by atoms with Gasteiger partial charge in [-0.1, -0.05) is 19.4 Å². The van der Waals surface area contributed by atoms with Crippen molar-refractivity contribution in [2.45, 2.75) is 40.2 Å². The van der Waals surface area contributed by atoms with E-state index in [4.69, 9.17) is 0 Å². The molecule has 2 rings (SSSR count). The van der Waals surface area contributed by atoms with Crippen molar-refractivity contribution in [3.05, 3.63) is 33.7 Å². The van der Waals surface area contributed by atoms with E-state index < -0.39 is 0 Å². The predicted molar refractivity (Wildman–Crippen MR) is 78.1 cm³/mol. The van der Waals surface area contributed by atoms with Gasteiger partial charge in [0.15, 0.2) is 0 Å². The highest BCUT2D eigenvalue weighted by atomic mass is 32.1. The molecule has 92 valence electrons. The summed E-state index contributed by atoms with van der Waals surface area (Å²) in [5, 5.41) is 4.76. The van der Waals surface area contributed by atoms with Gasteiger partial charge >= 0.3 is 0 Å². The lowest BCUT2D eigenvalue weighted by Gasteiger charge is -2.04. The van der Waals surface area contributed by atoms with Gasteiger partial charge in [0.05, 0.1) is 0 Å². The van der Waals surface area contributed by atoms with Crippen LogP contribution >= 0.6 is 11.3 Å². The fourth-order valence-corrected chi connectivity index (χ4v) is 3.63. The molecule has 0 amide bonds. The lowest BCUT2D eigenvalue weighted by molar-refractivity contribution is 0.812. The average Bonchev–Trinajstić information content (AvgIpc) is 2.59. The molecule has 1 aromatic heterocycles. The van der Waals surface area contributed by atoms with Crippen molar-refractivity contribution in [1.82, 2.24) is 5.32 Å². The molecule has 0 atom stereocenters. The second-order valence-electron chi connectivity index (χ2n) is 4.72. The molecule has 0 radical (unpaired) electrons. The SMILES string of the molecule is CCCc1c(CNC)sc2cc(C)c(C)cc12. The second-order valence-corrected chi connectivity index (χ2v) is 5.85. The Bertz CT molecular complexity index is 525. The summed E-state index contributed by atoms with van der Waals surface area (Å²) in [6, 6.07) is 4.71. The molecule has 1 aromatic carbocycles. The number of thiophene rings is 1. The number of hydrogen-bond acceptors (Lipinski definition) is 2. The standard InChI is InChI=1S/C15H21NS/c1-5-6-12-13-7-10(2)11(3)8-14(13)17-15(12)9-16-4/h7-8,16H,5-6,9H2,1-4H3. The van der Waals surface area contributed by atoms with Crippen LogP contribution in [0.25, 0.3) is 10.1 Å². The minimum Gasteiger partial charge on any atom is -0.315 e. The third kappa shape index (κ3) is 2.38. The number of nitrogens with one attached hydrogen (secondary N) is 1. The molecular weight excluding hydrogens is 226 g/mol. The molecular formula is C15H21NS. The number of benzene rings is 1. The Balaban J connectivity index is 2.62. The maximum atomic E-state index is 3.28. The lowest BCUT2D eigenvalue weighted by atomic mass is 10.0. The molecule has 0 unspecified atom stereocenters. The van der Waals surface area contributed by atoms with Gasteiger partial charge in [-0.2, -0.15) is 0 Å². The summed E-state index contributed by atoms with van der Waals surface area (Å²) in [6.07, 6.45) is 2.41. The zero-order valence-corrected chi connectivity index (χ0v) is 12.0. The summed E-state index contributed by atoms with van der Waals surface area (Å²) in [7, 11) is 2.02. The van der Waals surface area contributed by atoms with Gasteiger partial charge in [-0.25, -0.2) is 0 Å². The molecule has 0 spiro atoms. The summed E-state index contributed by atoms with van der Waals surface area (Å²) in [5.74, 6) is 0. The summed E-state index contributed by atoms with van der Waals surface area (Å²) in [5.41, 5.74) is 4.37. The molecule has 0 bridgehead atoms. The van der Waals surface area contributed by atoms with Gasteiger partial charge in [-0.05, 0) is 55.5 Å². The molecule has 1 N–H and O–H groups in total. The Morgan fingerprint density at radius 2 is 1.88 bits per heavy atom. The van der Waals surface area contributed by atoms with Crippen LogP contribution in [-0.2, 0) is 13.0 Å². The normalized spacial score (nSPS) is 11.3. The van der Waals surface area contributed by atoms with Gasteiger partial charge in [-0.3, -0.25) is 0 Å². The Morgan fingerprint density at radius 3 is 2.53 bits per heavy atom. The van der Waals surface area contributed by atoms with E-state index in [1.165, 1.54) is 38.9 Å². The Kier molecular flexibility index (Phi) is 3.85. The van der Waals surface area contributed by atoms with Crippen LogP contribution in [0.2, 0.25) is 0 Å². The first-order chi connectivity index (χ1) is 8.17. The lowest BCUT2D eigenvalue weighted by Crippen LogP contribution is -2.05. The maximum Gasteiger partial charge on any atom is 0.0351 e. The first-order valence-corrected chi connectivity index (χ1v) is 7.15. The van der Waals surface area contributed by atoms with Gasteiger partial charge in [0.1, 0.15) is 0 Å². The predicted octanol–water partition coefficient (Wildman–Crippen LogP) is 4.19. The highest BCUT2D eigenvalue weighted by Gasteiger charge is 2.11. The second kappa shape index (κ2) is 5.19. The van der Waals surface area contributed by atoms with Gasteiger partial charge in [0.2, 0.25) is 0 Å². The molecule has 1 nitrogen and oxygen atoms in total. The van der Waals surface area contributed by atoms with Gasteiger partial charge in [0, 0.05) is 16.1 Å². The minimum absolute atomic E-state index is 0.993. The quantitative estimate of drug-likeness (QED) is 0.854. The highest BCUT2D eigenvalue weighted by molar-refractivity contribution is 7.19. The first kappa shape index (κ1) is 12.6. The summed E-state index contributed by atoms with van der Waals surface area (Å²) in [6.45, 7) is 7.66. The van der Waals surface area contributed by atoms with Crippen LogP contribution in [0.5, 0.6) is 0 Å². The van der Waals surface area contributed by atoms with E-state index in [-0.39, 0.29) is 0 Å². The molecule has 0 saturated carbocycles. The fourth-order valence-electron chi connectivity index (χ4n) is 2.28. The van der Waals surface area contributed by atoms with Crippen LogP contribution in [0.4, 0.5) is 0 Å². The number of rotatable bonds is 4. The van der Waals surface area contributed by atoms with Crippen LogP contribution in [0.15, 0.2) is 12.1 Å². The van der Waals surface area contributed by atoms with Crippen molar-refractivity contribution in [3.8, 4) is 0 Å². The average molecular weight is 247 g/mol. The van der Waals surface area contributed by atoms with Crippen molar-refractivity contribution >= 4 is 21.4 Å². The molecule has 1 heterocycles. The molecule has 0 aliphatic heterocycles. The molecule has 0 aliphatic carbocycles. The summed E-state index contributed by atoms with van der Waals surface area (Å²) < 4.78 is 1.45. The fraction of sp³-hybridized carbons (Fsp3) is 0.467. The van der Waals surface area contributed by atoms with Crippen LogP contribution < -0.4 is 5.32 Å². The van der Waals surface area contributed by atoms with Gasteiger partial charge in [0.25, 0.3) is 0 Å². The van der Waals surface area contributed by atoms with Crippen molar-refractivity contribution in [2.75, 3.05) is 7.05 Å². The molecule has 0 aliphatic rings. The van der Waals surface area contributed by atoms with Gasteiger partial charge < -0.3 is 5.32 Å². The number of hydrogen-bond donors (Lipinski definition) is 1. The summed E-state index contributed by atoms with van der Waals surface area (Å²) in [4.78, 5) is 1.51. The van der Waals surface area contributed by atoms with Crippen LogP contribution in [-0.4, -0.2) is 7.05 Å². The largest absolute Gasteiger partial charge is 0.315 e. The van der Waals surface area contributed by atoms with E-state index in [2.05, 4.69) is 38.2 Å². The monoisotopic (exact) mass is 247 g/mol. The zero-order valence-electron chi connectivity index (χ0n) is 11.2. The highest BCUT2D eigenvalue weighted by Crippen LogP contribution is 2.34. The zero-order chi connectivity index (χ0) is 12.4. The van der Waals surface area contributed by atoms with E-state index in [1.807, 2.05) is 18.4 Å². The molecule has 17 heavy (non-hydrogen) atoms.